The Hall–Kier alpha value is -3.15. The Labute approximate surface area is 157 Å². The molecule has 0 aliphatic rings. The van der Waals surface area contributed by atoms with Crippen LogP contribution in [0.1, 0.15) is 29.7 Å². The first kappa shape index (κ1) is 18.6. The summed E-state index contributed by atoms with van der Waals surface area (Å²) in [5.41, 5.74) is 3.35. The molecule has 3 rings (SSSR count). The smallest absolute Gasteiger partial charge is 0.261 e. The largest absolute Gasteiger partial charge is 0.496 e. The van der Waals surface area contributed by atoms with E-state index < -0.39 is 0 Å². The zero-order chi connectivity index (χ0) is 19.6. The van der Waals surface area contributed by atoms with Crippen molar-refractivity contribution in [2.24, 2.45) is 0 Å². The van der Waals surface area contributed by atoms with Gasteiger partial charge in [-0.2, -0.15) is 0 Å². The van der Waals surface area contributed by atoms with Crippen molar-refractivity contribution < 1.29 is 9.53 Å². The van der Waals surface area contributed by atoms with Crippen LogP contribution in [0.4, 0.5) is 0 Å². The maximum absolute atomic E-state index is 12.6. The Balaban J connectivity index is 1.80. The Morgan fingerprint density at radius 3 is 2.78 bits per heavy atom. The van der Waals surface area contributed by atoms with Crippen molar-refractivity contribution in [2.75, 3.05) is 7.11 Å². The van der Waals surface area contributed by atoms with Crippen LogP contribution >= 0.6 is 0 Å². The molecule has 0 bridgehead atoms. The summed E-state index contributed by atoms with van der Waals surface area (Å²) in [6.45, 7) is 5.69. The van der Waals surface area contributed by atoms with Crippen molar-refractivity contribution >= 4 is 16.8 Å². The van der Waals surface area contributed by atoms with Gasteiger partial charge in [-0.15, -0.1) is 0 Å². The average molecular weight is 365 g/mol. The molecule has 1 unspecified atom stereocenters. The van der Waals surface area contributed by atoms with E-state index in [1.54, 1.807) is 13.2 Å². The van der Waals surface area contributed by atoms with Crippen molar-refractivity contribution in [2.45, 2.75) is 33.4 Å². The lowest BCUT2D eigenvalue weighted by molar-refractivity contribution is -0.122. The van der Waals surface area contributed by atoms with Crippen LogP contribution in [-0.2, 0) is 11.3 Å². The van der Waals surface area contributed by atoms with Crippen molar-refractivity contribution in [3.05, 3.63) is 69.8 Å². The molecule has 2 aromatic carbocycles. The number of benzene rings is 2. The van der Waals surface area contributed by atoms with E-state index in [0.717, 1.165) is 16.7 Å². The Kier molecular flexibility index (Phi) is 5.26. The number of methoxy groups -OCH3 is 1. The number of carbonyl (C=O) groups excluding carboxylic acids is 1. The van der Waals surface area contributed by atoms with Gasteiger partial charge in [0.2, 0.25) is 5.91 Å². The van der Waals surface area contributed by atoms with Gasteiger partial charge in [0.1, 0.15) is 12.3 Å². The summed E-state index contributed by atoms with van der Waals surface area (Å²) < 4.78 is 6.71. The van der Waals surface area contributed by atoms with Crippen LogP contribution in [-0.4, -0.2) is 22.6 Å². The standard InChI is InChI=1S/C21H23N3O3/c1-13-8-9-18(27-4)17(10-13)15(3)23-19(25)11-24-12-22-20-14(2)6-5-7-16(20)21(24)26/h5-10,12,15H,11H2,1-4H3,(H,23,25). The van der Waals surface area contributed by atoms with E-state index in [1.807, 2.05) is 51.1 Å². The molecule has 3 aromatic rings. The van der Waals surface area contributed by atoms with Gasteiger partial charge in [-0.3, -0.25) is 14.2 Å². The Morgan fingerprint density at radius 2 is 2.04 bits per heavy atom. The highest BCUT2D eigenvalue weighted by Gasteiger charge is 2.15. The number of hydrogen-bond acceptors (Lipinski definition) is 4. The lowest BCUT2D eigenvalue weighted by Gasteiger charge is -2.18. The fourth-order valence-corrected chi connectivity index (χ4v) is 3.16. The maximum Gasteiger partial charge on any atom is 0.261 e. The van der Waals surface area contributed by atoms with Crippen LogP contribution in [0.25, 0.3) is 10.9 Å². The van der Waals surface area contributed by atoms with Gasteiger partial charge in [0.25, 0.3) is 5.56 Å². The summed E-state index contributed by atoms with van der Waals surface area (Å²) >= 11 is 0. The number of amides is 1. The zero-order valence-electron chi connectivity index (χ0n) is 15.9. The quantitative estimate of drug-likeness (QED) is 0.754. The highest BCUT2D eigenvalue weighted by Crippen LogP contribution is 2.26. The van der Waals surface area contributed by atoms with E-state index in [2.05, 4.69) is 10.3 Å². The molecule has 1 amide bonds. The highest BCUT2D eigenvalue weighted by molar-refractivity contribution is 5.81. The van der Waals surface area contributed by atoms with E-state index in [0.29, 0.717) is 16.7 Å². The van der Waals surface area contributed by atoms with Crippen LogP contribution in [0.5, 0.6) is 5.75 Å². The van der Waals surface area contributed by atoms with Gasteiger partial charge in [-0.25, -0.2) is 4.98 Å². The lowest BCUT2D eigenvalue weighted by Crippen LogP contribution is -2.34. The van der Waals surface area contributed by atoms with Gasteiger partial charge < -0.3 is 10.1 Å². The molecule has 140 valence electrons. The summed E-state index contributed by atoms with van der Waals surface area (Å²) in [5.74, 6) is 0.454. The Morgan fingerprint density at radius 1 is 1.26 bits per heavy atom. The number of aromatic nitrogens is 2. The van der Waals surface area contributed by atoms with Crippen molar-refractivity contribution in [3.8, 4) is 5.75 Å². The third kappa shape index (κ3) is 3.84. The summed E-state index contributed by atoms with van der Waals surface area (Å²) in [6, 6.07) is 11.0. The number of carbonyl (C=O) groups is 1. The maximum atomic E-state index is 12.6. The number of rotatable bonds is 5. The van der Waals surface area contributed by atoms with Gasteiger partial charge in [0.15, 0.2) is 0 Å². The monoisotopic (exact) mass is 365 g/mol. The molecule has 0 saturated heterocycles. The van der Waals surface area contributed by atoms with Gasteiger partial charge in [-0.1, -0.05) is 29.8 Å². The topological polar surface area (TPSA) is 73.2 Å². The molecule has 6 nitrogen and oxygen atoms in total. The third-order valence-electron chi connectivity index (χ3n) is 4.60. The fraction of sp³-hybridized carbons (Fsp3) is 0.286. The molecule has 0 radical (unpaired) electrons. The van der Waals surface area contributed by atoms with Gasteiger partial charge in [0.05, 0.1) is 30.4 Å². The average Bonchev–Trinajstić information content (AvgIpc) is 2.64. The number of fused-ring (bicyclic) bond motifs is 1. The SMILES string of the molecule is COc1ccc(C)cc1C(C)NC(=O)Cn1cnc2c(C)cccc2c1=O. The van der Waals surface area contributed by atoms with Gasteiger partial charge in [-0.05, 0) is 38.5 Å². The summed E-state index contributed by atoms with van der Waals surface area (Å²) in [4.78, 5) is 29.5. The van der Waals surface area contributed by atoms with Gasteiger partial charge >= 0.3 is 0 Å². The summed E-state index contributed by atoms with van der Waals surface area (Å²) in [6.07, 6.45) is 1.43. The van der Waals surface area contributed by atoms with Crippen LogP contribution in [0, 0.1) is 13.8 Å². The van der Waals surface area contributed by atoms with Crippen LogP contribution in [0.3, 0.4) is 0 Å². The number of nitrogens with zero attached hydrogens (tertiary/aromatic N) is 2. The minimum Gasteiger partial charge on any atom is -0.496 e. The molecule has 1 N–H and O–H groups in total. The molecule has 0 fully saturated rings. The second-order valence-electron chi connectivity index (χ2n) is 6.68. The van der Waals surface area contributed by atoms with Crippen molar-refractivity contribution in [1.29, 1.82) is 0 Å². The number of aryl methyl sites for hydroxylation is 2. The molecule has 0 aliphatic heterocycles. The van der Waals surface area contributed by atoms with E-state index >= 15 is 0 Å². The van der Waals surface area contributed by atoms with Crippen molar-refractivity contribution in [3.63, 3.8) is 0 Å². The fourth-order valence-electron chi connectivity index (χ4n) is 3.16. The summed E-state index contributed by atoms with van der Waals surface area (Å²) in [7, 11) is 1.60. The molecule has 27 heavy (non-hydrogen) atoms. The normalized spacial score (nSPS) is 12.0. The molecule has 0 saturated carbocycles. The van der Waals surface area contributed by atoms with Crippen molar-refractivity contribution in [1.82, 2.24) is 14.9 Å². The second kappa shape index (κ2) is 7.61. The molecule has 6 heteroatoms. The highest BCUT2D eigenvalue weighted by atomic mass is 16.5. The third-order valence-corrected chi connectivity index (χ3v) is 4.60. The molecule has 1 heterocycles. The molecule has 0 aliphatic carbocycles. The first-order valence-corrected chi connectivity index (χ1v) is 8.79. The minimum absolute atomic E-state index is 0.0891. The predicted octanol–water partition coefficient (Wildman–Crippen LogP) is 2.90. The van der Waals surface area contributed by atoms with Gasteiger partial charge in [0, 0.05) is 5.56 Å². The zero-order valence-corrected chi connectivity index (χ0v) is 15.9. The van der Waals surface area contributed by atoms with Crippen LogP contribution in [0.15, 0.2) is 47.5 Å². The van der Waals surface area contributed by atoms with Crippen LogP contribution < -0.4 is 15.6 Å². The number of ether oxygens (including phenoxy) is 1. The first-order valence-electron chi connectivity index (χ1n) is 8.79. The summed E-state index contributed by atoms with van der Waals surface area (Å²) in [5, 5.41) is 3.44. The first-order chi connectivity index (χ1) is 12.9. The van der Waals surface area contributed by atoms with E-state index in [1.165, 1.54) is 10.9 Å². The molecule has 1 atom stereocenters. The number of para-hydroxylation sites is 1. The number of nitrogens with one attached hydrogen (secondary N) is 1. The number of hydrogen-bond donors (Lipinski definition) is 1. The van der Waals surface area contributed by atoms with E-state index in [9.17, 15) is 9.59 Å². The van der Waals surface area contributed by atoms with E-state index in [-0.39, 0.29) is 24.1 Å². The molecule has 0 spiro atoms. The molecule has 1 aromatic heterocycles. The minimum atomic E-state index is -0.262. The molecular weight excluding hydrogens is 342 g/mol. The second-order valence-corrected chi connectivity index (χ2v) is 6.68. The van der Waals surface area contributed by atoms with E-state index in [4.69, 9.17) is 4.74 Å². The van der Waals surface area contributed by atoms with Crippen LogP contribution in [0.2, 0.25) is 0 Å². The lowest BCUT2D eigenvalue weighted by atomic mass is 10.0. The Bertz CT molecular complexity index is 1060. The molecular formula is C21H23N3O3. The predicted molar refractivity (Wildman–Crippen MR) is 105 cm³/mol.